The number of rotatable bonds is 6. The molecule has 0 bridgehead atoms. The number of nitrogens with one attached hydrogen (secondary N) is 1. The van der Waals surface area contributed by atoms with Gasteiger partial charge in [0.15, 0.2) is 0 Å². The molecule has 2 heteroatoms. The van der Waals surface area contributed by atoms with Crippen molar-refractivity contribution in [3.8, 4) is 0 Å². The van der Waals surface area contributed by atoms with Gasteiger partial charge in [-0.1, -0.05) is 39.3 Å². The Balaban J connectivity index is 2.35. The summed E-state index contributed by atoms with van der Waals surface area (Å²) in [4.78, 5) is 0. The van der Waals surface area contributed by atoms with Crippen molar-refractivity contribution in [2.45, 2.75) is 40.2 Å². The molecular formula is C14H24N2. The van der Waals surface area contributed by atoms with Gasteiger partial charge in [-0.25, -0.2) is 0 Å². The average molecular weight is 220 g/mol. The van der Waals surface area contributed by atoms with Crippen molar-refractivity contribution >= 4 is 5.69 Å². The lowest BCUT2D eigenvalue weighted by molar-refractivity contribution is 0.310. The predicted molar refractivity (Wildman–Crippen MR) is 71.3 cm³/mol. The van der Waals surface area contributed by atoms with Gasteiger partial charge in [0.1, 0.15) is 0 Å². The fourth-order valence-corrected chi connectivity index (χ4v) is 2.01. The molecule has 0 saturated carbocycles. The summed E-state index contributed by atoms with van der Waals surface area (Å²) >= 11 is 0. The molecule has 0 amide bonds. The third kappa shape index (κ3) is 4.67. The van der Waals surface area contributed by atoms with Crippen LogP contribution >= 0.6 is 0 Å². The van der Waals surface area contributed by atoms with Crippen LogP contribution in [0.1, 0.15) is 39.2 Å². The minimum atomic E-state index is 0.384. The lowest BCUT2D eigenvalue weighted by atomic mass is 9.88. The Kier molecular flexibility index (Phi) is 4.81. The lowest BCUT2D eigenvalue weighted by Crippen LogP contribution is -2.28. The normalized spacial score (nSPS) is 11.7. The third-order valence-electron chi connectivity index (χ3n) is 2.81. The van der Waals surface area contributed by atoms with Crippen LogP contribution in [0.5, 0.6) is 0 Å². The highest BCUT2D eigenvalue weighted by Crippen LogP contribution is 2.20. The lowest BCUT2D eigenvalue weighted by Gasteiger charge is -2.24. The van der Waals surface area contributed by atoms with Gasteiger partial charge in [0.25, 0.3) is 0 Å². The Morgan fingerprint density at radius 2 is 2.06 bits per heavy atom. The molecule has 90 valence electrons. The van der Waals surface area contributed by atoms with E-state index in [1.165, 1.54) is 18.4 Å². The molecule has 1 aromatic rings. The van der Waals surface area contributed by atoms with Crippen molar-refractivity contribution in [3.05, 3.63) is 29.8 Å². The molecule has 0 saturated heterocycles. The van der Waals surface area contributed by atoms with Crippen molar-refractivity contribution in [2.24, 2.45) is 5.41 Å². The summed E-state index contributed by atoms with van der Waals surface area (Å²) in [6.07, 6.45) is 2.50. The van der Waals surface area contributed by atoms with E-state index >= 15 is 0 Å². The van der Waals surface area contributed by atoms with Gasteiger partial charge >= 0.3 is 0 Å². The zero-order valence-electron chi connectivity index (χ0n) is 10.7. The van der Waals surface area contributed by atoms with Gasteiger partial charge in [-0.15, -0.1) is 0 Å². The smallest absolute Gasteiger partial charge is 0.0317 e. The van der Waals surface area contributed by atoms with E-state index in [0.717, 1.165) is 18.8 Å². The first-order chi connectivity index (χ1) is 7.53. The molecule has 16 heavy (non-hydrogen) atoms. The van der Waals surface area contributed by atoms with Crippen molar-refractivity contribution in [3.63, 3.8) is 0 Å². The van der Waals surface area contributed by atoms with E-state index in [0.29, 0.717) is 5.41 Å². The number of nitrogen functional groups attached to an aromatic ring is 1. The number of nitrogens with two attached hydrogens (primary N) is 1. The maximum atomic E-state index is 5.74. The summed E-state index contributed by atoms with van der Waals surface area (Å²) in [5.41, 5.74) is 8.22. The summed E-state index contributed by atoms with van der Waals surface area (Å²) in [7, 11) is 0. The molecule has 0 heterocycles. The Morgan fingerprint density at radius 3 is 2.69 bits per heavy atom. The molecule has 1 aromatic carbocycles. The molecule has 0 atom stereocenters. The maximum Gasteiger partial charge on any atom is 0.0317 e. The van der Waals surface area contributed by atoms with E-state index in [4.69, 9.17) is 5.73 Å². The monoisotopic (exact) mass is 220 g/mol. The second kappa shape index (κ2) is 5.90. The van der Waals surface area contributed by atoms with Crippen LogP contribution in [0.25, 0.3) is 0 Å². The van der Waals surface area contributed by atoms with Gasteiger partial charge in [0.2, 0.25) is 0 Å². The second-order valence-electron chi connectivity index (χ2n) is 5.26. The molecule has 0 aromatic heterocycles. The van der Waals surface area contributed by atoms with Crippen LogP contribution in [0.15, 0.2) is 24.3 Å². The molecule has 0 unspecified atom stereocenters. The highest BCUT2D eigenvalue weighted by molar-refractivity contribution is 5.40. The summed E-state index contributed by atoms with van der Waals surface area (Å²) in [5.74, 6) is 0. The van der Waals surface area contributed by atoms with Crippen molar-refractivity contribution < 1.29 is 0 Å². The van der Waals surface area contributed by atoms with Crippen molar-refractivity contribution in [1.82, 2.24) is 5.32 Å². The van der Waals surface area contributed by atoms with Crippen LogP contribution in [-0.4, -0.2) is 6.54 Å². The van der Waals surface area contributed by atoms with Crippen LogP contribution in [0.2, 0.25) is 0 Å². The van der Waals surface area contributed by atoms with Crippen LogP contribution in [0.4, 0.5) is 5.69 Å². The van der Waals surface area contributed by atoms with E-state index < -0.39 is 0 Å². The van der Waals surface area contributed by atoms with E-state index in [1.54, 1.807) is 0 Å². The fraction of sp³-hybridized carbons (Fsp3) is 0.571. The van der Waals surface area contributed by atoms with E-state index in [9.17, 15) is 0 Å². The predicted octanol–water partition coefficient (Wildman–Crippen LogP) is 3.18. The number of benzene rings is 1. The average Bonchev–Trinajstić information content (AvgIpc) is 2.17. The highest BCUT2D eigenvalue weighted by atomic mass is 14.9. The van der Waals surface area contributed by atoms with Crippen LogP contribution in [-0.2, 0) is 6.54 Å². The van der Waals surface area contributed by atoms with E-state index in [-0.39, 0.29) is 0 Å². The zero-order chi connectivity index (χ0) is 12.0. The van der Waals surface area contributed by atoms with Gasteiger partial charge in [0.05, 0.1) is 0 Å². The molecule has 0 aliphatic carbocycles. The number of hydrogen-bond donors (Lipinski definition) is 2. The summed E-state index contributed by atoms with van der Waals surface area (Å²) < 4.78 is 0. The molecule has 0 fully saturated rings. The van der Waals surface area contributed by atoms with Crippen molar-refractivity contribution in [1.29, 1.82) is 0 Å². The highest BCUT2D eigenvalue weighted by Gasteiger charge is 2.15. The van der Waals surface area contributed by atoms with Gasteiger partial charge in [-0.2, -0.15) is 0 Å². The summed E-state index contributed by atoms with van der Waals surface area (Å²) in [6.45, 7) is 8.80. The standard InChI is InChI=1S/C14H24N2/c1-4-8-14(2,3)11-16-10-12-6-5-7-13(15)9-12/h5-7,9,16H,4,8,10-11,15H2,1-3H3. The molecule has 0 spiro atoms. The van der Waals surface area contributed by atoms with Gasteiger partial charge < -0.3 is 11.1 Å². The van der Waals surface area contributed by atoms with Gasteiger partial charge in [-0.05, 0) is 29.5 Å². The van der Waals surface area contributed by atoms with Crippen molar-refractivity contribution in [2.75, 3.05) is 12.3 Å². The zero-order valence-corrected chi connectivity index (χ0v) is 10.7. The van der Waals surface area contributed by atoms with Gasteiger partial charge in [-0.3, -0.25) is 0 Å². The SMILES string of the molecule is CCCC(C)(C)CNCc1cccc(N)c1. The molecule has 1 rings (SSSR count). The van der Waals surface area contributed by atoms with E-state index in [1.807, 2.05) is 18.2 Å². The Hall–Kier alpha value is -1.02. The first-order valence-electron chi connectivity index (χ1n) is 6.08. The topological polar surface area (TPSA) is 38.0 Å². The van der Waals surface area contributed by atoms with Gasteiger partial charge in [0, 0.05) is 18.8 Å². The van der Waals surface area contributed by atoms with Crippen LogP contribution in [0, 0.1) is 5.41 Å². The molecule has 0 aliphatic rings. The molecule has 3 N–H and O–H groups in total. The molecule has 0 aliphatic heterocycles. The Labute approximate surface area is 99.2 Å². The maximum absolute atomic E-state index is 5.74. The summed E-state index contributed by atoms with van der Waals surface area (Å²) in [6, 6.07) is 8.06. The van der Waals surface area contributed by atoms with Crippen LogP contribution in [0.3, 0.4) is 0 Å². The molecular weight excluding hydrogens is 196 g/mol. The largest absolute Gasteiger partial charge is 0.399 e. The van der Waals surface area contributed by atoms with E-state index in [2.05, 4.69) is 32.2 Å². The summed E-state index contributed by atoms with van der Waals surface area (Å²) in [5, 5.41) is 3.50. The quantitative estimate of drug-likeness (QED) is 0.723. The minimum Gasteiger partial charge on any atom is -0.399 e. The molecule has 2 nitrogen and oxygen atoms in total. The fourth-order valence-electron chi connectivity index (χ4n) is 2.01. The number of hydrogen-bond acceptors (Lipinski definition) is 2. The first-order valence-corrected chi connectivity index (χ1v) is 6.08. The second-order valence-corrected chi connectivity index (χ2v) is 5.26. The third-order valence-corrected chi connectivity index (χ3v) is 2.81. The number of anilines is 1. The molecule has 0 radical (unpaired) electrons. The Bertz CT molecular complexity index is 318. The Morgan fingerprint density at radius 1 is 1.31 bits per heavy atom. The first kappa shape index (κ1) is 13.0. The van der Waals surface area contributed by atoms with Crippen LogP contribution < -0.4 is 11.1 Å². The minimum absolute atomic E-state index is 0.384.